The molecule has 0 radical (unpaired) electrons. The maximum Gasteiger partial charge on any atom is 0.0988 e. The Morgan fingerprint density at radius 3 is 2.10 bits per heavy atom. The Balaban J connectivity index is 0. The van der Waals surface area contributed by atoms with Crippen LogP contribution in [0.2, 0.25) is 0 Å². The van der Waals surface area contributed by atoms with Crippen molar-refractivity contribution in [2.24, 2.45) is 4.99 Å². The van der Waals surface area contributed by atoms with Crippen molar-refractivity contribution < 1.29 is 52.0 Å². The molecule has 0 amide bonds. The number of hydrogen-bond acceptors (Lipinski definition) is 2. The molecule has 3 heteroatoms. The molecule has 0 aromatic carbocycles. The first-order valence-electron chi connectivity index (χ1n) is 3.21. The first kappa shape index (κ1) is 13.7. The molecule has 2 nitrogen and oxygen atoms in total. The van der Waals surface area contributed by atoms with Crippen LogP contribution in [0.15, 0.2) is 4.99 Å². The summed E-state index contributed by atoms with van der Waals surface area (Å²) in [5.74, 6) is 0. The van der Waals surface area contributed by atoms with Crippen LogP contribution in [0, 0.1) is 46.9 Å². The molecule has 0 bridgehead atoms. The Morgan fingerprint density at radius 2 is 2.00 bits per heavy atom. The van der Waals surface area contributed by atoms with Crippen LogP contribution < -0.4 is 0 Å². The molecule has 0 saturated heterocycles. The minimum atomic E-state index is -0.700. The predicted octanol–water partition coefficient (Wildman–Crippen LogP) is 1.24. The summed E-state index contributed by atoms with van der Waals surface area (Å²) < 4.78 is 0. The second kappa shape index (κ2) is 5.76. The number of hydrogen-bond donors (Lipinski definition) is 1. The molecule has 0 aromatic rings. The smallest absolute Gasteiger partial charge is 0.0988 e. The quantitative estimate of drug-likeness (QED) is 0.765. The van der Waals surface area contributed by atoms with Crippen molar-refractivity contribution in [3.05, 3.63) is 0 Å². The van der Waals surface area contributed by atoms with Gasteiger partial charge in [-0.1, -0.05) is 6.92 Å². The van der Waals surface area contributed by atoms with E-state index in [-0.39, 0.29) is 46.9 Å². The summed E-state index contributed by atoms with van der Waals surface area (Å²) in [6, 6.07) is 0. The summed E-state index contributed by atoms with van der Waals surface area (Å²) in [4.78, 5) is 3.90. The average molecular weight is 302 g/mol. The van der Waals surface area contributed by atoms with E-state index in [0.717, 1.165) is 12.1 Å². The zero-order valence-corrected chi connectivity index (χ0v) is 8.58. The molecular weight excluding hydrogens is 287 g/mol. The van der Waals surface area contributed by atoms with E-state index in [1.165, 1.54) is 0 Å². The van der Waals surface area contributed by atoms with Gasteiger partial charge in [-0.15, -0.1) is 0 Å². The predicted molar refractivity (Wildman–Crippen MR) is 39.9 cm³/mol. The van der Waals surface area contributed by atoms with Gasteiger partial charge in [0.15, 0.2) is 0 Å². The van der Waals surface area contributed by atoms with Crippen LogP contribution in [-0.2, 0) is 0 Å². The van der Waals surface area contributed by atoms with Gasteiger partial charge in [-0.2, -0.15) is 0 Å². The molecule has 0 saturated carbocycles. The number of rotatable bonds is 2. The summed E-state index contributed by atoms with van der Waals surface area (Å²) in [5.41, 5.74) is 0.0966. The maximum absolute atomic E-state index is 9.46. The van der Waals surface area contributed by atoms with Gasteiger partial charge >= 0.3 is 0 Å². The minimum Gasteiger partial charge on any atom is -0.384 e. The Morgan fingerprint density at radius 1 is 1.60 bits per heavy atom. The third-order valence-corrected chi connectivity index (χ3v) is 1.80. The van der Waals surface area contributed by atoms with Gasteiger partial charge in [0, 0.05) is 59.7 Å². The van der Waals surface area contributed by atoms with Crippen molar-refractivity contribution in [3.8, 4) is 0 Å². The van der Waals surface area contributed by atoms with Crippen LogP contribution >= 0.6 is 0 Å². The molecule has 0 aliphatic carbocycles. The Bertz CT molecular complexity index is 121. The third kappa shape index (κ3) is 4.12. The SMILES string of the molecule is CCC(C)(O)C(C)=NC.[Yb]. The molecule has 10 heavy (non-hydrogen) atoms. The van der Waals surface area contributed by atoms with Crippen LogP contribution in [0.3, 0.4) is 0 Å². The van der Waals surface area contributed by atoms with E-state index < -0.39 is 5.60 Å². The van der Waals surface area contributed by atoms with Crippen LogP contribution in [0.5, 0.6) is 0 Å². The third-order valence-electron chi connectivity index (χ3n) is 1.80. The maximum atomic E-state index is 9.46. The van der Waals surface area contributed by atoms with E-state index in [0.29, 0.717) is 0 Å². The van der Waals surface area contributed by atoms with Gasteiger partial charge in [0.25, 0.3) is 0 Å². The Labute approximate surface area is 101 Å². The van der Waals surface area contributed by atoms with Gasteiger partial charge in [0.05, 0.1) is 5.60 Å². The number of aliphatic hydroxyl groups is 1. The fraction of sp³-hybridized carbons (Fsp3) is 0.857. The molecule has 0 fully saturated rings. The summed E-state index contributed by atoms with van der Waals surface area (Å²) >= 11 is 0. The molecule has 0 aliphatic heterocycles. The van der Waals surface area contributed by atoms with Crippen LogP contribution in [0.4, 0.5) is 0 Å². The van der Waals surface area contributed by atoms with E-state index in [1.54, 1.807) is 14.0 Å². The fourth-order valence-corrected chi connectivity index (χ4v) is 0.497. The molecule has 1 atom stereocenters. The normalized spacial score (nSPS) is 17.5. The molecule has 0 aromatic heterocycles. The van der Waals surface area contributed by atoms with Crippen LogP contribution in [0.25, 0.3) is 0 Å². The van der Waals surface area contributed by atoms with E-state index in [9.17, 15) is 5.11 Å². The van der Waals surface area contributed by atoms with Crippen LogP contribution in [0.1, 0.15) is 27.2 Å². The van der Waals surface area contributed by atoms with Gasteiger partial charge in [0.2, 0.25) is 0 Å². The van der Waals surface area contributed by atoms with Gasteiger partial charge in [0.1, 0.15) is 0 Å². The van der Waals surface area contributed by atoms with Crippen molar-refractivity contribution in [2.45, 2.75) is 32.8 Å². The minimum absolute atomic E-state index is 0. The summed E-state index contributed by atoms with van der Waals surface area (Å²) in [6.45, 7) is 5.55. The Kier molecular flexibility index (Phi) is 7.90. The van der Waals surface area contributed by atoms with E-state index >= 15 is 0 Å². The zero-order chi connectivity index (χ0) is 7.49. The van der Waals surface area contributed by atoms with Gasteiger partial charge in [-0.25, -0.2) is 0 Å². The molecule has 0 spiro atoms. The summed E-state index contributed by atoms with van der Waals surface area (Å²) in [6.07, 6.45) is 0.718. The molecule has 1 unspecified atom stereocenters. The van der Waals surface area contributed by atoms with Crippen molar-refractivity contribution in [3.63, 3.8) is 0 Å². The zero-order valence-electron chi connectivity index (χ0n) is 6.87. The molecular formula is C7H15NOYb. The second-order valence-corrected chi connectivity index (χ2v) is 2.44. The summed E-state index contributed by atoms with van der Waals surface area (Å²) in [5, 5.41) is 9.46. The monoisotopic (exact) mass is 303 g/mol. The second-order valence-electron chi connectivity index (χ2n) is 2.44. The van der Waals surface area contributed by atoms with E-state index in [4.69, 9.17) is 0 Å². The van der Waals surface area contributed by atoms with Gasteiger partial charge in [-0.05, 0) is 20.3 Å². The van der Waals surface area contributed by atoms with Crippen molar-refractivity contribution >= 4 is 5.71 Å². The average Bonchev–Trinajstić information content (AvgIpc) is 1.86. The fourth-order valence-electron chi connectivity index (χ4n) is 0.497. The van der Waals surface area contributed by atoms with Crippen molar-refractivity contribution in [1.29, 1.82) is 0 Å². The van der Waals surface area contributed by atoms with Crippen molar-refractivity contribution in [2.75, 3.05) is 7.05 Å². The molecule has 0 rings (SSSR count). The van der Waals surface area contributed by atoms with E-state index in [2.05, 4.69) is 4.99 Å². The molecule has 68 valence electrons. The number of nitrogens with zero attached hydrogens (tertiary/aromatic N) is 1. The first-order chi connectivity index (χ1) is 4.04. The standard InChI is InChI=1S/C7H15NO.Yb/c1-5-7(3,9)6(2)8-4;/h9H,5H2,1-4H3;. The molecule has 0 heterocycles. The van der Waals surface area contributed by atoms with Gasteiger partial charge < -0.3 is 5.11 Å². The van der Waals surface area contributed by atoms with Gasteiger partial charge in [-0.3, -0.25) is 4.99 Å². The molecule has 0 aliphatic rings. The molecule has 1 N–H and O–H groups in total. The van der Waals surface area contributed by atoms with Crippen LogP contribution in [-0.4, -0.2) is 23.5 Å². The Hall–Kier alpha value is 1.15. The summed E-state index contributed by atoms with van der Waals surface area (Å²) in [7, 11) is 1.69. The van der Waals surface area contributed by atoms with Crippen molar-refractivity contribution in [1.82, 2.24) is 0 Å². The topological polar surface area (TPSA) is 32.6 Å². The largest absolute Gasteiger partial charge is 0.384 e. The van der Waals surface area contributed by atoms with E-state index in [1.807, 2.05) is 13.8 Å². The number of aliphatic imine (C=N–C) groups is 1. The first-order valence-corrected chi connectivity index (χ1v) is 3.21.